The maximum Gasteiger partial charge on any atom is 0.224 e. The predicted molar refractivity (Wildman–Crippen MR) is 94.1 cm³/mol. The molecular formula is C19H23NO4. The number of hydrogen-bond acceptors (Lipinski definition) is 4. The number of carbonyl (C=O) groups excluding carboxylic acids is 1. The fourth-order valence-corrected chi connectivity index (χ4v) is 2.38. The number of anilines is 1. The van der Waals surface area contributed by atoms with Gasteiger partial charge in [-0.15, -0.1) is 0 Å². The van der Waals surface area contributed by atoms with Crippen LogP contribution >= 0.6 is 0 Å². The van der Waals surface area contributed by atoms with Crippen LogP contribution in [0.3, 0.4) is 0 Å². The van der Waals surface area contributed by atoms with Crippen LogP contribution in [0.1, 0.15) is 18.9 Å². The van der Waals surface area contributed by atoms with Crippen LogP contribution in [0, 0.1) is 0 Å². The summed E-state index contributed by atoms with van der Waals surface area (Å²) >= 11 is 0. The number of carbonyl (C=O) groups is 1. The van der Waals surface area contributed by atoms with E-state index in [0.717, 1.165) is 11.3 Å². The van der Waals surface area contributed by atoms with Gasteiger partial charge in [0.2, 0.25) is 5.91 Å². The van der Waals surface area contributed by atoms with Gasteiger partial charge in [0.1, 0.15) is 17.2 Å². The highest BCUT2D eigenvalue weighted by molar-refractivity contribution is 5.92. The lowest BCUT2D eigenvalue weighted by molar-refractivity contribution is -0.116. The monoisotopic (exact) mass is 329 g/mol. The molecule has 0 fully saturated rings. The van der Waals surface area contributed by atoms with Crippen molar-refractivity contribution in [2.45, 2.75) is 19.8 Å². The minimum absolute atomic E-state index is 0.0899. The quantitative estimate of drug-likeness (QED) is 0.803. The number of hydrogen-bond donors (Lipinski definition) is 1. The van der Waals surface area contributed by atoms with Gasteiger partial charge in [0.05, 0.1) is 26.5 Å². The summed E-state index contributed by atoms with van der Waals surface area (Å²) in [6.45, 7) is 2.54. The molecule has 5 nitrogen and oxygen atoms in total. The van der Waals surface area contributed by atoms with E-state index in [1.54, 1.807) is 32.4 Å². The number of ether oxygens (including phenoxy) is 3. The van der Waals surface area contributed by atoms with Crippen LogP contribution in [-0.2, 0) is 11.2 Å². The zero-order valence-corrected chi connectivity index (χ0v) is 14.3. The van der Waals surface area contributed by atoms with E-state index < -0.39 is 0 Å². The van der Waals surface area contributed by atoms with E-state index in [-0.39, 0.29) is 5.91 Å². The Morgan fingerprint density at radius 1 is 1.04 bits per heavy atom. The van der Waals surface area contributed by atoms with Gasteiger partial charge in [-0.25, -0.2) is 0 Å². The largest absolute Gasteiger partial charge is 0.497 e. The highest BCUT2D eigenvalue weighted by Crippen LogP contribution is 2.29. The molecule has 0 heterocycles. The van der Waals surface area contributed by atoms with Crippen LogP contribution in [-0.4, -0.2) is 26.7 Å². The second-order valence-corrected chi connectivity index (χ2v) is 5.16. The number of rotatable bonds is 8. The van der Waals surface area contributed by atoms with Crippen LogP contribution in [0.25, 0.3) is 0 Å². The van der Waals surface area contributed by atoms with Gasteiger partial charge < -0.3 is 19.5 Å². The molecule has 0 spiro atoms. The predicted octanol–water partition coefficient (Wildman–Crippen LogP) is 3.67. The molecule has 128 valence electrons. The summed E-state index contributed by atoms with van der Waals surface area (Å²) in [7, 11) is 3.15. The number of nitrogens with one attached hydrogen (secondary N) is 1. The van der Waals surface area contributed by atoms with Gasteiger partial charge in [-0.05, 0) is 37.1 Å². The Bertz CT molecular complexity index is 685. The zero-order valence-electron chi connectivity index (χ0n) is 14.3. The molecule has 0 aliphatic heterocycles. The lowest BCUT2D eigenvalue weighted by Gasteiger charge is -2.12. The molecule has 1 N–H and O–H groups in total. The molecule has 0 unspecified atom stereocenters. The molecule has 2 aromatic rings. The molecule has 0 atom stereocenters. The van der Waals surface area contributed by atoms with Crippen molar-refractivity contribution in [2.24, 2.45) is 0 Å². The lowest BCUT2D eigenvalue weighted by Crippen LogP contribution is -2.13. The minimum Gasteiger partial charge on any atom is -0.497 e. The highest BCUT2D eigenvalue weighted by Gasteiger charge is 2.11. The molecule has 1 amide bonds. The summed E-state index contributed by atoms with van der Waals surface area (Å²) < 4.78 is 16.0. The van der Waals surface area contributed by atoms with Crippen molar-refractivity contribution in [1.82, 2.24) is 0 Å². The first-order valence-corrected chi connectivity index (χ1v) is 7.90. The average molecular weight is 329 g/mol. The number of para-hydroxylation sites is 1. The van der Waals surface area contributed by atoms with E-state index in [0.29, 0.717) is 36.6 Å². The molecule has 0 saturated carbocycles. The van der Waals surface area contributed by atoms with E-state index in [2.05, 4.69) is 5.32 Å². The zero-order chi connectivity index (χ0) is 17.4. The summed E-state index contributed by atoms with van der Waals surface area (Å²) in [5, 5.41) is 2.87. The molecular weight excluding hydrogens is 306 g/mol. The standard InChI is InChI=1S/C19H23NO4/c1-4-24-17-8-6-5-7-14(17)9-12-19(21)20-16-13-15(22-2)10-11-18(16)23-3/h5-8,10-11,13H,4,9,12H2,1-3H3,(H,20,21). The second kappa shape index (κ2) is 8.82. The fourth-order valence-electron chi connectivity index (χ4n) is 2.38. The third-order valence-electron chi connectivity index (χ3n) is 3.57. The molecule has 0 aromatic heterocycles. The molecule has 2 rings (SSSR count). The second-order valence-electron chi connectivity index (χ2n) is 5.16. The van der Waals surface area contributed by atoms with Crippen molar-refractivity contribution in [3.05, 3.63) is 48.0 Å². The highest BCUT2D eigenvalue weighted by atomic mass is 16.5. The Kier molecular flexibility index (Phi) is 6.49. The molecule has 0 bridgehead atoms. The Labute approximate surface area is 142 Å². The van der Waals surface area contributed by atoms with E-state index in [9.17, 15) is 4.79 Å². The molecule has 0 saturated heterocycles. The van der Waals surface area contributed by atoms with Gasteiger partial charge in [0, 0.05) is 12.5 Å². The fraction of sp³-hybridized carbons (Fsp3) is 0.316. The van der Waals surface area contributed by atoms with E-state index in [1.165, 1.54) is 0 Å². The summed E-state index contributed by atoms with van der Waals surface area (Å²) in [5.74, 6) is 1.99. The van der Waals surface area contributed by atoms with E-state index in [1.807, 2.05) is 31.2 Å². The topological polar surface area (TPSA) is 56.8 Å². The number of aryl methyl sites for hydroxylation is 1. The Balaban J connectivity index is 2.01. The van der Waals surface area contributed by atoms with Crippen LogP contribution in [0.2, 0.25) is 0 Å². The molecule has 0 aliphatic carbocycles. The number of methoxy groups -OCH3 is 2. The average Bonchev–Trinajstić information content (AvgIpc) is 2.61. The summed E-state index contributed by atoms with van der Waals surface area (Å²) in [6, 6.07) is 13.1. The first-order valence-electron chi connectivity index (χ1n) is 7.90. The maximum absolute atomic E-state index is 12.3. The summed E-state index contributed by atoms with van der Waals surface area (Å²) in [5.41, 5.74) is 1.62. The van der Waals surface area contributed by atoms with Crippen molar-refractivity contribution in [1.29, 1.82) is 0 Å². The van der Waals surface area contributed by atoms with E-state index >= 15 is 0 Å². The first kappa shape index (κ1) is 17.7. The third-order valence-corrected chi connectivity index (χ3v) is 3.57. The van der Waals surface area contributed by atoms with Gasteiger partial charge in [-0.3, -0.25) is 4.79 Å². The van der Waals surface area contributed by atoms with Gasteiger partial charge in [0.15, 0.2) is 0 Å². The van der Waals surface area contributed by atoms with Crippen molar-refractivity contribution in [2.75, 3.05) is 26.1 Å². The van der Waals surface area contributed by atoms with Crippen LogP contribution in [0.4, 0.5) is 5.69 Å². The van der Waals surface area contributed by atoms with Gasteiger partial charge in [-0.1, -0.05) is 18.2 Å². The Hall–Kier alpha value is -2.69. The van der Waals surface area contributed by atoms with Gasteiger partial charge in [0.25, 0.3) is 0 Å². The Morgan fingerprint density at radius 3 is 2.54 bits per heavy atom. The van der Waals surface area contributed by atoms with E-state index in [4.69, 9.17) is 14.2 Å². The normalized spacial score (nSPS) is 10.1. The molecule has 0 radical (unpaired) electrons. The van der Waals surface area contributed by atoms with Crippen molar-refractivity contribution in [3.63, 3.8) is 0 Å². The number of benzene rings is 2. The summed E-state index contributed by atoms with van der Waals surface area (Å²) in [4.78, 5) is 12.3. The first-order chi connectivity index (χ1) is 11.7. The number of amides is 1. The van der Waals surface area contributed by atoms with Crippen molar-refractivity contribution < 1.29 is 19.0 Å². The molecule has 0 aliphatic rings. The third kappa shape index (κ3) is 4.65. The van der Waals surface area contributed by atoms with Crippen molar-refractivity contribution >= 4 is 11.6 Å². The van der Waals surface area contributed by atoms with Crippen LogP contribution in [0.15, 0.2) is 42.5 Å². The Morgan fingerprint density at radius 2 is 1.83 bits per heavy atom. The maximum atomic E-state index is 12.3. The smallest absolute Gasteiger partial charge is 0.224 e. The summed E-state index contributed by atoms with van der Waals surface area (Å²) in [6.07, 6.45) is 0.957. The van der Waals surface area contributed by atoms with Crippen molar-refractivity contribution in [3.8, 4) is 17.2 Å². The van der Waals surface area contributed by atoms with Gasteiger partial charge in [-0.2, -0.15) is 0 Å². The van der Waals surface area contributed by atoms with Crippen LogP contribution in [0.5, 0.6) is 17.2 Å². The van der Waals surface area contributed by atoms with Gasteiger partial charge >= 0.3 is 0 Å². The SMILES string of the molecule is CCOc1ccccc1CCC(=O)Nc1cc(OC)ccc1OC. The van der Waals surface area contributed by atoms with Crippen LogP contribution < -0.4 is 19.5 Å². The molecule has 2 aromatic carbocycles. The lowest BCUT2D eigenvalue weighted by atomic mass is 10.1. The molecule has 24 heavy (non-hydrogen) atoms. The molecule has 5 heteroatoms. The minimum atomic E-state index is -0.0899.